The van der Waals surface area contributed by atoms with Crippen molar-refractivity contribution in [2.75, 3.05) is 19.0 Å². The van der Waals surface area contributed by atoms with Gasteiger partial charge in [-0.05, 0) is 81.8 Å². The van der Waals surface area contributed by atoms with Gasteiger partial charge in [0.1, 0.15) is 0 Å². The molecule has 2 aromatic heterocycles. The van der Waals surface area contributed by atoms with Gasteiger partial charge in [-0.15, -0.1) is 0 Å². The number of H-pyrrole nitrogens is 1. The summed E-state index contributed by atoms with van der Waals surface area (Å²) in [5.41, 5.74) is 8.07. The van der Waals surface area contributed by atoms with Crippen LogP contribution >= 0.6 is 0 Å². The molecule has 0 spiro atoms. The summed E-state index contributed by atoms with van der Waals surface area (Å²) in [5.74, 6) is 0.515. The van der Waals surface area contributed by atoms with Crippen molar-refractivity contribution in [1.29, 1.82) is 0 Å². The van der Waals surface area contributed by atoms with Crippen LogP contribution in [0.4, 0.5) is 5.69 Å². The van der Waals surface area contributed by atoms with Crippen molar-refractivity contribution >= 4 is 49.0 Å². The van der Waals surface area contributed by atoms with Gasteiger partial charge >= 0.3 is 0 Å². The van der Waals surface area contributed by atoms with Gasteiger partial charge in [0.15, 0.2) is 0 Å². The number of hydrogen-bond acceptors (Lipinski definition) is 2. The van der Waals surface area contributed by atoms with Gasteiger partial charge in [0.25, 0.3) is 0 Å². The number of rotatable bonds is 2. The first-order chi connectivity index (χ1) is 19.7. The minimum absolute atomic E-state index is 0.515. The second-order valence-corrected chi connectivity index (χ2v) is 11.0. The number of fused-ring (bicyclic) bond motifs is 8. The lowest BCUT2D eigenvalue weighted by molar-refractivity contribution is 0.619. The Morgan fingerprint density at radius 2 is 1.43 bits per heavy atom. The molecule has 1 aliphatic carbocycles. The lowest BCUT2D eigenvalue weighted by Gasteiger charge is -2.28. The summed E-state index contributed by atoms with van der Waals surface area (Å²) in [6.45, 7) is 0. The molecule has 2 heterocycles. The van der Waals surface area contributed by atoms with Gasteiger partial charge in [-0.2, -0.15) is 0 Å². The minimum atomic E-state index is 0.515. The van der Waals surface area contributed by atoms with Gasteiger partial charge in [-0.1, -0.05) is 78.9 Å². The standard InChI is InChI=1S/C26H25N.C11H8N2/c1-27(2)20-13-10-19(11-14-20)22-8-5-9-23-24(22)16-17-25-21-7-4-3-6-18(21)12-15-26(23)25;1-2-4-10-8(3-1)9-5-6-12-7-11(9)13-10/h3-4,6-7,10-17,22H,5,8-9H2,1-2H3;1-7,13H. The Morgan fingerprint density at radius 1 is 0.675 bits per heavy atom. The average Bonchev–Trinajstić information content (AvgIpc) is 3.39. The summed E-state index contributed by atoms with van der Waals surface area (Å²) in [5, 5.41) is 8.05. The molecule has 0 aliphatic heterocycles. The zero-order valence-electron chi connectivity index (χ0n) is 23.1. The van der Waals surface area contributed by atoms with Crippen LogP contribution in [0.1, 0.15) is 35.4 Å². The third-order valence-electron chi connectivity index (χ3n) is 8.49. The van der Waals surface area contributed by atoms with Crippen molar-refractivity contribution in [2.45, 2.75) is 25.2 Å². The number of pyridine rings is 1. The molecule has 0 bridgehead atoms. The lowest BCUT2D eigenvalue weighted by Crippen LogP contribution is -2.12. The molecule has 0 radical (unpaired) electrons. The molecule has 3 nitrogen and oxygen atoms in total. The summed E-state index contributed by atoms with van der Waals surface area (Å²) in [7, 11) is 4.20. The normalized spacial score (nSPS) is 14.7. The fraction of sp³-hybridized carbons (Fsp3) is 0.162. The van der Waals surface area contributed by atoms with Gasteiger partial charge in [-0.25, -0.2) is 0 Å². The fourth-order valence-corrected chi connectivity index (χ4v) is 6.46. The summed E-state index contributed by atoms with van der Waals surface area (Å²) in [6, 6.07) is 37.6. The summed E-state index contributed by atoms with van der Waals surface area (Å²) in [6.07, 6.45) is 7.38. The van der Waals surface area contributed by atoms with Crippen molar-refractivity contribution in [3.05, 3.63) is 132 Å². The summed E-state index contributed by atoms with van der Waals surface area (Å²) >= 11 is 0. The zero-order valence-corrected chi connectivity index (χ0v) is 23.1. The van der Waals surface area contributed by atoms with Crippen LogP contribution in [0.3, 0.4) is 0 Å². The van der Waals surface area contributed by atoms with Crippen molar-refractivity contribution < 1.29 is 0 Å². The van der Waals surface area contributed by atoms with Crippen LogP contribution in [0.5, 0.6) is 0 Å². The highest BCUT2D eigenvalue weighted by atomic mass is 15.1. The minimum Gasteiger partial charge on any atom is -0.378 e. The molecule has 1 aliphatic rings. The molecular weight excluding hydrogens is 486 g/mol. The third kappa shape index (κ3) is 4.28. The largest absolute Gasteiger partial charge is 0.378 e. The maximum Gasteiger partial charge on any atom is 0.0651 e. The highest BCUT2D eigenvalue weighted by molar-refractivity contribution is 6.09. The number of benzene rings is 5. The lowest BCUT2D eigenvalue weighted by atomic mass is 9.77. The maximum absolute atomic E-state index is 4.08. The van der Waals surface area contributed by atoms with Gasteiger partial charge in [-0.3, -0.25) is 4.98 Å². The van der Waals surface area contributed by atoms with Crippen LogP contribution < -0.4 is 4.90 Å². The van der Waals surface area contributed by atoms with E-state index in [0.717, 1.165) is 5.52 Å². The van der Waals surface area contributed by atoms with Crippen LogP contribution in [0, 0.1) is 0 Å². The molecule has 40 heavy (non-hydrogen) atoms. The molecule has 3 heteroatoms. The molecule has 0 saturated heterocycles. The quantitative estimate of drug-likeness (QED) is 0.231. The van der Waals surface area contributed by atoms with Crippen LogP contribution in [-0.4, -0.2) is 24.1 Å². The third-order valence-corrected chi connectivity index (χ3v) is 8.49. The first-order valence-electron chi connectivity index (χ1n) is 14.2. The Kier molecular flexibility index (Phi) is 6.20. The molecule has 8 rings (SSSR count). The van der Waals surface area contributed by atoms with Crippen LogP contribution in [-0.2, 0) is 6.42 Å². The second kappa shape index (κ2) is 10.2. The molecule has 1 unspecified atom stereocenters. The van der Waals surface area contributed by atoms with E-state index in [-0.39, 0.29) is 0 Å². The van der Waals surface area contributed by atoms with Crippen molar-refractivity contribution in [3.63, 3.8) is 0 Å². The number of para-hydroxylation sites is 1. The Hall–Kier alpha value is -4.63. The van der Waals surface area contributed by atoms with E-state index in [0.29, 0.717) is 5.92 Å². The summed E-state index contributed by atoms with van der Waals surface area (Å²) in [4.78, 5) is 9.56. The van der Waals surface area contributed by atoms with E-state index in [1.54, 1.807) is 5.56 Å². The van der Waals surface area contributed by atoms with E-state index in [1.807, 2.05) is 24.5 Å². The predicted molar refractivity (Wildman–Crippen MR) is 171 cm³/mol. The van der Waals surface area contributed by atoms with E-state index in [9.17, 15) is 0 Å². The van der Waals surface area contributed by atoms with Crippen LogP contribution in [0.15, 0.2) is 116 Å². The van der Waals surface area contributed by atoms with E-state index >= 15 is 0 Å². The molecule has 0 saturated carbocycles. The van der Waals surface area contributed by atoms with E-state index < -0.39 is 0 Å². The van der Waals surface area contributed by atoms with Gasteiger partial charge < -0.3 is 9.88 Å². The monoisotopic (exact) mass is 519 g/mol. The van der Waals surface area contributed by atoms with Gasteiger partial charge in [0, 0.05) is 48.2 Å². The number of nitrogens with zero attached hydrogens (tertiary/aromatic N) is 2. The molecule has 196 valence electrons. The highest BCUT2D eigenvalue weighted by Crippen LogP contribution is 2.41. The fourth-order valence-electron chi connectivity index (χ4n) is 6.46. The zero-order chi connectivity index (χ0) is 27.1. The van der Waals surface area contributed by atoms with Crippen LogP contribution in [0.25, 0.3) is 43.4 Å². The van der Waals surface area contributed by atoms with Crippen molar-refractivity contribution in [3.8, 4) is 0 Å². The molecule has 0 amide bonds. The number of aromatic amines is 1. The van der Waals surface area contributed by atoms with Gasteiger partial charge in [0.05, 0.1) is 11.7 Å². The Morgan fingerprint density at radius 3 is 2.27 bits per heavy atom. The molecule has 1 N–H and O–H groups in total. The second-order valence-electron chi connectivity index (χ2n) is 11.0. The van der Waals surface area contributed by atoms with Crippen LogP contribution in [0.2, 0.25) is 0 Å². The van der Waals surface area contributed by atoms with Crippen molar-refractivity contribution in [2.24, 2.45) is 0 Å². The first-order valence-corrected chi connectivity index (χ1v) is 14.2. The molecule has 7 aromatic rings. The Balaban J connectivity index is 0.000000169. The Bertz CT molecular complexity index is 1910. The number of aryl methyl sites for hydroxylation is 1. The Labute approximate surface area is 235 Å². The summed E-state index contributed by atoms with van der Waals surface area (Å²) < 4.78 is 0. The molecular formula is C37H33N3. The number of aromatic nitrogens is 2. The first kappa shape index (κ1) is 24.4. The van der Waals surface area contributed by atoms with Crippen molar-refractivity contribution in [1.82, 2.24) is 9.97 Å². The number of anilines is 1. The SMILES string of the molecule is CN(C)c1ccc(C2CCCc3c2ccc2c3ccc3ccccc32)cc1.c1ccc2c(c1)[nH]c1cnccc12. The number of nitrogens with one attached hydrogen (secondary N) is 1. The molecule has 1 atom stereocenters. The highest BCUT2D eigenvalue weighted by Gasteiger charge is 2.23. The van der Waals surface area contributed by atoms with E-state index in [2.05, 4.69) is 120 Å². The van der Waals surface area contributed by atoms with E-state index in [4.69, 9.17) is 0 Å². The molecule has 0 fully saturated rings. The van der Waals surface area contributed by atoms with E-state index in [1.165, 1.54) is 73.9 Å². The van der Waals surface area contributed by atoms with Gasteiger partial charge in [0.2, 0.25) is 0 Å². The molecule has 5 aromatic carbocycles. The maximum atomic E-state index is 4.08. The smallest absolute Gasteiger partial charge is 0.0651 e. The average molecular weight is 520 g/mol. The topological polar surface area (TPSA) is 31.9 Å². The predicted octanol–water partition coefficient (Wildman–Crippen LogP) is 9.24. The number of hydrogen-bond donors (Lipinski definition) is 1.